The van der Waals surface area contributed by atoms with Gasteiger partial charge >= 0.3 is 5.97 Å². The number of phenols is 2. The fourth-order valence-electron chi connectivity index (χ4n) is 1.41. The van der Waals surface area contributed by atoms with Crippen molar-refractivity contribution in [3.63, 3.8) is 0 Å². The van der Waals surface area contributed by atoms with Crippen LogP contribution in [-0.2, 0) is 9.59 Å². The highest BCUT2D eigenvalue weighted by Gasteiger charge is 2.38. The zero-order valence-corrected chi connectivity index (χ0v) is 11.7. The Morgan fingerprint density at radius 1 is 1.32 bits per heavy atom. The topological polar surface area (TPSA) is 147 Å². The van der Waals surface area contributed by atoms with E-state index in [9.17, 15) is 24.9 Å². The van der Waals surface area contributed by atoms with Crippen LogP contribution in [0.3, 0.4) is 0 Å². The lowest BCUT2D eigenvalue weighted by molar-refractivity contribution is -0.168. The van der Waals surface area contributed by atoms with E-state index in [0.717, 1.165) is 13.0 Å². The van der Waals surface area contributed by atoms with Gasteiger partial charge in [0.15, 0.2) is 17.1 Å². The largest absolute Gasteiger partial charge is 0.504 e. The minimum Gasteiger partial charge on any atom is -0.504 e. The summed E-state index contributed by atoms with van der Waals surface area (Å²) in [6, 6.07) is 3.95. The fraction of sp³-hybridized carbons (Fsp3) is 0.286. The molecule has 1 aromatic rings. The zero-order chi connectivity index (χ0) is 16.9. The molecule has 120 valence electrons. The molecule has 0 unspecified atom stereocenters. The van der Waals surface area contributed by atoms with E-state index in [1.807, 2.05) is 0 Å². The van der Waals surface area contributed by atoms with Gasteiger partial charge < -0.3 is 30.8 Å². The molecule has 0 saturated heterocycles. The monoisotopic (exact) mass is 311 g/mol. The molecule has 0 fully saturated rings. The lowest BCUT2D eigenvalue weighted by Gasteiger charge is -2.24. The van der Waals surface area contributed by atoms with Crippen LogP contribution in [0.25, 0.3) is 6.08 Å². The Kier molecular flexibility index (Phi) is 5.50. The quantitative estimate of drug-likeness (QED) is 0.304. The van der Waals surface area contributed by atoms with Crippen LogP contribution in [0.2, 0.25) is 0 Å². The first-order valence-electron chi connectivity index (χ1n) is 6.26. The number of amides is 1. The summed E-state index contributed by atoms with van der Waals surface area (Å²) in [5.74, 6) is -2.87. The van der Waals surface area contributed by atoms with Crippen molar-refractivity contribution in [3.8, 4) is 11.5 Å². The number of aliphatic hydroxyl groups excluding tert-OH is 1. The van der Waals surface area contributed by atoms with E-state index in [2.05, 4.69) is 5.32 Å². The number of aliphatic carboxylic acids is 1. The van der Waals surface area contributed by atoms with Gasteiger partial charge in [0.1, 0.15) is 6.10 Å². The number of rotatable bonds is 6. The third-order valence-electron chi connectivity index (χ3n) is 2.98. The molecule has 8 heteroatoms. The summed E-state index contributed by atoms with van der Waals surface area (Å²) in [4.78, 5) is 22.2. The SMILES string of the molecule is C[C@](O)(C(=O)O)[C@H](O)CNC(=O)/C=C\c1ccc(O)c(O)c1. The maximum absolute atomic E-state index is 11.5. The number of carbonyl (C=O) groups is 2. The zero-order valence-electron chi connectivity index (χ0n) is 11.7. The Balaban J connectivity index is 2.58. The number of aliphatic hydroxyl groups is 2. The number of hydrogen-bond donors (Lipinski definition) is 6. The molecule has 1 aromatic carbocycles. The summed E-state index contributed by atoms with van der Waals surface area (Å²) in [5.41, 5.74) is -1.93. The molecule has 0 radical (unpaired) electrons. The van der Waals surface area contributed by atoms with Gasteiger partial charge in [-0.25, -0.2) is 4.79 Å². The average molecular weight is 311 g/mol. The molecule has 0 aromatic heterocycles. The van der Waals surface area contributed by atoms with Gasteiger partial charge in [0.2, 0.25) is 5.91 Å². The van der Waals surface area contributed by atoms with Gasteiger partial charge in [-0.1, -0.05) is 6.07 Å². The molecular formula is C14H17NO7. The first-order valence-corrected chi connectivity index (χ1v) is 6.26. The van der Waals surface area contributed by atoms with E-state index in [1.165, 1.54) is 24.3 Å². The number of nitrogens with one attached hydrogen (secondary N) is 1. The molecular weight excluding hydrogens is 294 g/mol. The first kappa shape index (κ1) is 17.5. The number of benzene rings is 1. The molecule has 0 aliphatic carbocycles. The van der Waals surface area contributed by atoms with E-state index in [1.54, 1.807) is 0 Å². The number of phenolic OH excluding ortho intramolecular Hbond substituents is 2. The lowest BCUT2D eigenvalue weighted by atomic mass is 9.99. The standard InChI is InChI=1S/C14H17NO7/c1-14(22,13(20)21)11(18)7-15-12(19)5-3-8-2-4-9(16)10(17)6-8/h2-6,11,16-18,22H,7H2,1H3,(H,15,19)(H,20,21)/b5-3-/t11-,14-/m1/s1. The minimum atomic E-state index is -2.38. The molecule has 0 spiro atoms. The second kappa shape index (κ2) is 6.92. The number of carboxylic acids is 1. The van der Waals surface area contributed by atoms with Crippen molar-refractivity contribution in [3.05, 3.63) is 29.8 Å². The third-order valence-corrected chi connectivity index (χ3v) is 2.98. The maximum atomic E-state index is 11.5. The molecule has 22 heavy (non-hydrogen) atoms. The summed E-state index contributed by atoms with van der Waals surface area (Å²) in [5, 5.41) is 48.3. The van der Waals surface area contributed by atoms with Crippen molar-refractivity contribution in [2.24, 2.45) is 0 Å². The third kappa shape index (κ3) is 4.47. The van der Waals surface area contributed by atoms with Crippen LogP contribution in [0.1, 0.15) is 12.5 Å². The molecule has 0 bridgehead atoms. The van der Waals surface area contributed by atoms with E-state index >= 15 is 0 Å². The van der Waals surface area contributed by atoms with Crippen molar-refractivity contribution in [2.45, 2.75) is 18.6 Å². The molecule has 0 aliphatic rings. The Hall–Kier alpha value is -2.58. The summed E-state index contributed by atoms with van der Waals surface area (Å²) in [6.45, 7) is 0.463. The Morgan fingerprint density at radius 2 is 1.95 bits per heavy atom. The molecule has 6 N–H and O–H groups in total. The second-order valence-corrected chi connectivity index (χ2v) is 4.80. The van der Waals surface area contributed by atoms with Gasteiger partial charge in [-0.3, -0.25) is 4.79 Å². The first-order chi connectivity index (χ1) is 10.1. The smallest absolute Gasteiger partial charge is 0.338 e. The van der Waals surface area contributed by atoms with Crippen LogP contribution in [0.5, 0.6) is 11.5 Å². The highest BCUT2D eigenvalue weighted by atomic mass is 16.4. The molecule has 8 nitrogen and oxygen atoms in total. The minimum absolute atomic E-state index is 0.291. The molecule has 1 amide bonds. The van der Waals surface area contributed by atoms with E-state index in [4.69, 9.17) is 10.2 Å². The molecule has 0 saturated carbocycles. The van der Waals surface area contributed by atoms with Crippen molar-refractivity contribution in [1.82, 2.24) is 5.32 Å². The lowest BCUT2D eigenvalue weighted by Crippen LogP contribution is -2.51. The van der Waals surface area contributed by atoms with Gasteiger partial charge in [-0.15, -0.1) is 0 Å². The predicted molar refractivity (Wildman–Crippen MR) is 76.1 cm³/mol. The van der Waals surface area contributed by atoms with Crippen LogP contribution in [0.4, 0.5) is 0 Å². The number of aromatic hydroxyl groups is 2. The Labute approximate surface area is 126 Å². The van der Waals surface area contributed by atoms with E-state index in [-0.39, 0.29) is 11.5 Å². The maximum Gasteiger partial charge on any atom is 0.338 e. The number of carbonyl (C=O) groups excluding carboxylic acids is 1. The average Bonchev–Trinajstić information content (AvgIpc) is 2.45. The van der Waals surface area contributed by atoms with Gasteiger partial charge in [0.05, 0.1) is 0 Å². The summed E-state index contributed by atoms with van der Waals surface area (Å²) < 4.78 is 0. The normalized spacial score (nSPS) is 15.2. The van der Waals surface area contributed by atoms with Gasteiger partial charge in [0.25, 0.3) is 0 Å². The summed E-state index contributed by atoms with van der Waals surface area (Å²) >= 11 is 0. The van der Waals surface area contributed by atoms with Crippen LogP contribution in [0, 0.1) is 0 Å². The van der Waals surface area contributed by atoms with Crippen LogP contribution < -0.4 is 5.32 Å². The van der Waals surface area contributed by atoms with Gasteiger partial charge in [0, 0.05) is 12.6 Å². The van der Waals surface area contributed by atoms with Crippen LogP contribution >= 0.6 is 0 Å². The summed E-state index contributed by atoms with van der Waals surface area (Å²) in [7, 11) is 0. The highest BCUT2D eigenvalue weighted by molar-refractivity contribution is 5.91. The highest BCUT2D eigenvalue weighted by Crippen LogP contribution is 2.25. The van der Waals surface area contributed by atoms with Crippen molar-refractivity contribution < 1.29 is 35.1 Å². The van der Waals surface area contributed by atoms with Crippen molar-refractivity contribution >= 4 is 18.0 Å². The molecule has 0 heterocycles. The number of hydrogen-bond acceptors (Lipinski definition) is 6. The number of carboxylic acid groups (broad SMARTS) is 1. The second-order valence-electron chi connectivity index (χ2n) is 4.80. The van der Waals surface area contributed by atoms with E-state index < -0.39 is 30.1 Å². The van der Waals surface area contributed by atoms with Gasteiger partial charge in [-0.2, -0.15) is 0 Å². The van der Waals surface area contributed by atoms with Crippen molar-refractivity contribution in [1.29, 1.82) is 0 Å². The fourth-order valence-corrected chi connectivity index (χ4v) is 1.41. The predicted octanol–water partition coefficient (Wildman–Crippen LogP) is -0.576. The summed E-state index contributed by atoms with van der Waals surface area (Å²) in [6.07, 6.45) is 0.754. The van der Waals surface area contributed by atoms with Crippen molar-refractivity contribution in [2.75, 3.05) is 6.54 Å². The molecule has 0 aliphatic heterocycles. The van der Waals surface area contributed by atoms with Crippen LogP contribution in [0.15, 0.2) is 24.3 Å². The Bertz CT molecular complexity index is 595. The Morgan fingerprint density at radius 3 is 2.50 bits per heavy atom. The van der Waals surface area contributed by atoms with Gasteiger partial charge in [-0.05, 0) is 30.7 Å². The van der Waals surface area contributed by atoms with Crippen LogP contribution in [-0.4, -0.2) is 55.7 Å². The van der Waals surface area contributed by atoms with E-state index in [0.29, 0.717) is 5.56 Å². The molecule has 2 atom stereocenters. The molecule has 1 rings (SSSR count).